The molecule has 0 radical (unpaired) electrons. The Morgan fingerprint density at radius 1 is 0.905 bits per heavy atom. The summed E-state index contributed by atoms with van der Waals surface area (Å²) in [6.07, 6.45) is 0. The van der Waals surface area contributed by atoms with Crippen LogP contribution in [0.25, 0.3) is 10.8 Å². The molecule has 21 heavy (non-hydrogen) atoms. The van der Waals surface area contributed by atoms with Crippen molar-refractivity contribution >= 4 is 10.8 Å². The van der Waals surface area contributed by atoms with E-state index < -0.39 is 0 Å². The van der Waals surface area contributed by atoms with Crippen LogP contribution >= 0.6 is 0 Å². The summed E-state index contributed by atoms with van der Waals surface area (Å²) in [5.74, 6) is 0.895. The lowest BCUT2D eigenvalue weighted by molar-refractivity contribution is 0.305. The van der Waals surface area contributed by atoms with Crippen molar-refractivity contribution in [1.29, 1.82) is 0 Å². The first-order valence-corrected chi connectivity index (χ1v) is 7.19. The zero-order chi connectivity index (χ0) is 14.7. The average molecular weight is 277 g/mol. The van der Waals surface area contributed by atoms with Crippen molar-refractivity contribution in [3.63, 3.8) is 0 Å². The normalized spacial score (nSPS) is 12.3. The fraction of sp³-hybridized carbons (Fsp3) is 0.158. The van der Waals surface area contributed by atoms with Gasteiger partial charge in [0.05, 0.1) is 0 Å². The molecule has 3 rings (SSSR count). The van der Waals surface area contributed by atoms with Gasteiger partial charge in [-0.05, 0) is 17.9 Å². The summed E-state index contributed by atoms with van der Waals surface area (Å²) in [5.41, 5.74) is 8.29. The van der Waals surface area contributed by atoms with E-state index in [-0.39, 0.29) is 6.04 Å². The molecule has 0 heterocycles. The summed E-state index contributed by atoms with van der Waals surface area (Å²) in [4.78, 5) is 0. The van der Waals surface area contributed by atoms with Gasteiger partial charge < -0.3 is 10.5 Å². The molecular formula is C19H19NO. The third kappa shape index (κ3) is 2.91. The summed E-state index contributed by atoms with van der Waals surface area (Å²) in [7, 11) is 0. The molecule has 0 aliphatic carbocycles. The Kier molecular flexibility index (Phi) is 3.89. The van der Waals surface area contributed by atoms with Crippen LogP contribution in [-0.2, 0) is 6.61 Å². The minimum atomic E-state index is -0.0552. The maximum Gasteiger partial charge on any atom is 0.132 e. The molecule has 0 saturated carbocycles. The second-order valence-electron chi connectivity index (χ2n) is 5.27. The van der Waals surface area contributed by atoms with Crippen LogP contribution in [0.2, 0.25) is 0 Å². The number of nitrogens with two attached hydrogens (primary N) is 1. The Bertz CT molecular complexity index is 735. The van der Waals surface area contributed by atoms with Crippen molar-refractivity contribution < 1.29 is 4.74 Å². The maximum absolute atomic E-state index is 6.12. The van der Waals surface area contributed by atoms with Gasteiger partial charge in [0.1, 0.15) is 12.4 Å². The first-order chi connectivity index (χ1) is 10.3. The van der Waals surface area contributed by atoms with Gasteiger partial charge in [-0.25, -0.2) is 0 Å². The van der Waals surface area contributed by atoms with Gasteiger partial charge in [0.2, 0.25) is 0 Å². The standard InChI is InChI=1S/C19H19NO/c1-14(20)17-12-11-16-9-5-6-10-18(16)19(17)21-13-15-7-3-2-4-8-15/h2-12,14H,13,20H2,1H3/t14-/m0/s1. The summed E-state index contributed by atoms with van der Waals surface area (Å²) in [6.45, 7) is 2.54. The number of fused-ring (bicyclic) bond motifs is 1. The summed E-state index contributed by atoms with van der Waals surface area (Å²) >= 11 is 0. The number of hydrogen-bond donors (Lipinski definition) is 1. The lowest BCUT2D eigenvalue weighted by Crippen LogP contribution is -2.08. The van der Waals surface area contributed by atoms with E-state index in [2.05, 4.69) is 36.4 Å². The molecule has 0 aliphatic heterocycles. The van der Waals surface area contributed by atoms with Crippen LogP contribution in [-0.4, -0.2) is 0 Å². The quantitative estimate of drug-likeness (QED) is 0.765. The molecule has 0 fully saturated rings. The monoisotopic (exact) mass is 277 g/mol. The van der Waals surface area contributed by atoms with Crippen molar-refractivity contribution in [1.82, 2.24) is 0 Å². The summed E-state index contributed by atoms with van der Waals surface area (Å²) < 4.78 is 6.12. The minimum absolute atomic E-state index is 0.0552. The smallest absolute Gasteiger partial charge is 0.132 e. The van der Waals surface area contributed by atoms with Gasteiger partial charge in [-0.3, -0.25) is 0 Å². The average Bonchev–Trinajstić information content (AvgIpc) is 2.53. The highest BCUT2D eigenvalue weighted by Gasteiger charge is 2.12. The molecule has 0 unspecified atom stereocenters. The molecule has 2 N–H and O–H groups in total. The van der Waals surface area contributed by atoms with Gasteiger partial charge in [0.15, 0.2) is 0 Å². The van der Waals surface area contributed by atoms with Crippen LogP contribution in [0.5, 0.6) is 5.75 Å². The minimum Gasteiger partial charge on any atom is -0.488 e. The highest BCUT2D eigenvalue weighted by atomic mass is 16.5. The first-order valence-electron chi connectivity index (χ1n) is 7.19. The topological polar surface area (TPSA) is 35.2 Å². The van der Waals surface area contributed by atoms with Gasteiger partial charge in [-0.1, -0.05) is 66.7 Å². The Balaban J connectivity index is 2.00. The highest BCUT2D eigenvalue weighted by Crippen LogP contribution is 2.33. The van der Waals surface area contributed by atoms with Crippen LogP contribution in [0.3, 0.4) is 0 Å². The molecular weight excluding hydrogens is 258 g/mol. The van der Waals surface area contributed by atoms with Crippen molar-refractivity contribution in [3.05, 3.63) is 77.9 Å². The van der Waals surface area contributed by atoms with E-state index in [0.29, 0.717) is 6.61 Å². The fourth-order valence-corrected chi connectivity index (χ4v) is 2.51. The molecule has 0 spiro atoms. The summed E-state index contributed by atoms with van der Waals surface area (Å²) in [6, 6.07) is 22.5. The summed E-state index contributed by atoms with van der Waals surface area (Å²) in [5, 5.41) is 2.29. The van der Waals surface area contributed by atoms with Crippen LogP contribution < -0.4 is 10.5 Å². The van der Waals surface area contributed by atoms with E-state index in [1.165, 1.54) is 5.39 Å². The molecule has 0 bridgehead atoms. The third-order valence-electron chi connectivity index (χ3n) is 3.63. The van der Waals surface area contributed by atoms with Crippen molar-refractivity contribution in [2.75, 3.05) is 0 Å². The third-order valence-corrected chi connectivity index (χ3v) is 3.63. The Labute approximate surface area is 125 Å². The van der Waals surface area contributed by atoms with Gasteiger partial charge in [-0.15, -0.1) is 0 Å². The van der Waals surface area contributed by atoms with Crippen molar-refractivity contribution in [2.45, 2.75) is 19.6 Å². The number of hydrogen-bond acceptors (Lipinski definition) is 2. The van der Waals surface area contributed by atoms with Crippen LogP contribution in [0.1, 0.15) is 24.1 Å². The molecule has 0 aromatic heterocycles. The van der Waals surface area contributed by atoms with Gasteiger partial charge in [-0.2, -0.15) is 0 Å². The molecule has 0 amide bonds. The highest BCUT2D eigenvalue weighted by molar-refractivity contribution is 5.89. The zero-order valence-corrected chi connectivity index (χ0v) is 12.1. The molecule has 3 aromatic carbocycles. The van der Waals surface area contributed by atoms with Gasteiger partial charge >= 0.3 is 0 Å². The van der Waals surface area contributed by atoms with Crippen LogP contribution in [0.15, 0.2) is 66.7 Å². The van der Waals surface area contributed by atoms with Crippen molar-refractivity contribution in [3.8, 4) is 5.75 Å². The van der Waals surface area contributed by atoms with Crippen LogP contribution in [0.4, 0.5) is 0 Å². The second-order valence-corrected chi connectivity index (χ2v) is 5.27. The Morgan fingerprint density at radius 3 is 2.38 bits per heavy atom. The van der Waals surface area contributed by atoms with Crippen LogP contribution in [0, 0.1) is 0 Å². The number of ether oxygens (including phenoxy) is 1. The van der Waals surface area contributed by atoms with Gasteiger partial charge in [0, 0.05) is 17.0 Å². The SMILES string of the molecule is C[C@H](N)c1ccc2ccccc2c1OCc1ccccc1. The zero-order valence-electron chi connectivity index (χ0n) is 12.1. The fourth-order valence-electron chi connectivity index (χ4n) is 2.51. The number of benzene rings is 3. The molecule has 106 valence electrons. The second kappa shape index (κ2) is 5.98. The molecule has 1 atom stereocenters. The molecule has 2 nitrogen and oxygen atoms in total. The first kappa shape index (κ1) is 13.7. The lowest BCUT2D eigenvalue weighted by atomic mass is 10.0. The van der Waals surface area contributed by atoms with Crippen molar-refractivity contribution in [2.24, 2.45) is 5.73 Å². The Morgan fingerprint density at radius 2 is 1.62 bits per heavy atom. The number of rotatable bonds is 4. The van der Waals surface area contributed by atoms with E-state index in [4.69, 9.17) is 10.5 Å². The van der Waals surface area contributed by atoms with E-state index >= 15 is 0 Å². The largest absolute Gasteiger partial charge is 0.488 e. The van der Waals surface area contributed by atoms with E-state index in [9.17, 15) is 0 Å². The lowest BCUT2D eigenvalue weighted by Gasteiger charge is -2.16. The maximum atomic E-state index is 6.12. The Hall–Kier alpha value is -2.32. The van der Waals surface area contributed by atoms with E-state index in [1.54, 1.807) is 0 Å². The predicted molar refractivity (Wildman–Crippen MR) is 87.3 cm³/mol. The van der Waals surface area contributed by atoms with Gasteiger partial charge in [0.25, 0.3) is 0 Å². The van der Waals surface area contributed by atoms with E-state index in [1.807, 2.05) is 37.3 Å². The molecule has 2 heteroatoms. The predicted octanol–water partition coefficient (Wildman–Crippen LogP) is 4.44. The molecule has 0 aliphatic rings. The molecule has 3 aromatic rings. The molecule has 0 saturated heterocycles. The van der Waals surface area contributed by atoms with E-state index in [0.717, 1.165) is 22.3 Å².